The van der Waals surface area contributed by atoms with Gasteiger partial charge in [-0.25, -0.2) is 0 Å². The average Bonchev–Trinajstić information content (AvgIpc) is 2.15. The molecule has 1 N–H and O–H groups in total. The first-order valence-electron chi connectivity index (χ1n) is 3.54. The molecule has 0 amide bonds. The van der Waals surface area contributed by atoms with Crippen LogP contribution in [0.3, 0.4) is 0 Å². The molecule has 1 aromatic carbocycles. The summed E-state index contributed by atoms with van der Waals surface area (Å²) in [4.78, 5) is -0.416. The average molecular weight is 250 g/mol. The molecule has 0 radical (unpaired) electrons. The molecule has 0 heterocycles. The molecule has 1 rings (SSSR count). The number of halogens is 1. The summed E-state index contributed by atoms with van der Waals surface area (Å²) in [7, 11) is -2.96. The lowest BCUT2D eigenvalue weighted by Crippen LogP contribution is -2.01. The van der Waals surface area contributed by atoms with E-state index in [1.807, 2.05) is 0 Å². The monoisotopic (exact) mass is 249 g/mol. The van der Waals surface area contributed by atoms with Gasteiger partial charge in [-0.3, -0.25) is 4.55 Å². The maximum absolute atomic E-state index is 10.8. The van der Waals surface area contributed by atoms with Crippen LogP contribution in [0.15, 0.2) is 23.1 Å². The van der Waals surface area contributed by atoms with Crippen molar-refractivity contribution < 1.29 is 17.7 Å². The van der Waals surface area contributed by atoms with E-state index < -0.39 is 15.0 Å². The van der Waals surface area contributed by atoms with E-state index in [1.165, 1.54) is 19.2 Å². The molecule has 82 valence electrons. The summed E-state index contributed by atoms with van der Waals surface area (Å²) in [5.74, 6) is 0.356. The van der Waals surface area contributed by atoms with Crippen LogP contribution in [0.4, 0.5) is 0 Å². The van der Waals surface area contributed by atoms with E-state index in [-0.39, 0.29) is 18.0 Å². The fourth-order valence-corrected chi connectivity index (χ4v) is 1.57. The van der Waals surface area contributed by atoms with E-state index in [0.717, 1.165) is 6.07 Å². The van der Waals surface area contributed by atoms with Gasteiger partial charge in [0.05, 0.1) is 12.7 Å². The third kappa shape index (κ3) is 3.09. The topological polar surface area (TPSA) is 87.4 Å². The molecule has 0 unspecified atom stereocenters. The number of benzene rings is 1. The van der Waals surface area contributed by atoms with Gasteiger partial charge in [-0.05, 0) is 18.2 Å². The van der Waals surface area contributed by atoms with Crippen LogP contribution in [-0.4, -0.2) is 20.1 Å². The van der Waals surface area contributed by atoms with Crippen molar-refractivity contribution in [2.75, 3.05) is 7.11 Å². The maximum atomic E-state index is 10.8. The van der Waals surface area contributed by atoms with E-state index in [0.29, 0.717) is 5.75 Å². The SMILES string of the molecule is COc1ccc(S(=O)(=O)O)c(C#N)c1.Cl. The molecule has 0 atom stereocenters. The molecule has 1 aromatic rings. The standard InChI is InChI=1S/C8H7NO4S.ClH/c1-13-7-2-3-8(14(10,11)12)6(4-7)5-9;/h2-4H,1H3,(H,10,11,12);1H. The summed E-state index contributed by atoms with van der Waals surface area (Å²) in [5, 5.41) is 8.62. The van der Waals surface area contributed by atoms with Crippen molar-refractivity contribution in [2.45, 2.75) is 4.90 Å². The summed E-state index contributed by atoms with van der Waals surface area (Å²) in [5.41, 5.74) is -0.146. The number of nitrogens with zero attached hydrogens (tertiary/aromatic N) is 1. The highest BCUT2D eigenvalue weighted by atomic mass is 35.5. The Kier molecular flexibility index (Phi) is 4.55. The minimum Gasteiger partial charge on any atom is -0.497 e. The first-order chi connectivity index (χ1) is 6.49. The summed E-state index contributed by atoms with van der Waals surface area (Å²) < 4.78 is 35.1. The third-order valence-electron chi connectivity index (χ3n) is 1.59. The van der Waals surface area contributed by atoms with Crippen LogP contribution in [0.1, 0.15) is 5.56 Å². The van der Waals surface area contributed by atoms with Gasteiger partial charge in [-0.1, -0.05) is 0 Å². The largest absolute Gasteiger partial charge is 0.497 e. The first-order valence-corrected chi connectivity index (χ1v) is 4.98. The van der Waals surface area contributed by atoms with Gasteiger partial charge in [-0.2, -0.15) is 13.7 Å². The van der Waals surface area contributed by atoms with Gasteiger partial charge in [0.2, 0.25) is 0 Å². The van der Waals surface area contributed by atoms with Gasteiger partial charge in [0.1, 0.15) is 16.7 Å². The highest BCUT2D eigenvalue weighted by Crippen LogP contribution is 2.20. The zero-order valence-corrected chi connectivity index (χ0v) is 9.30. The van der Waals surface area contributed by atoms with Crippen molar-refractivity contribution in [1.29, 1.82) is 5.26 Å². The summed E-state index contributed by atoms with van der Waals surface area (Å²) in [6, 6.07) is 5.37. The van der Waals surface area contributed by atoms with Crippen LogP contribution in [0.2, 0.25) is 0 Å². The van der Waals surface area contributed by atoms with E-state index in [9.17, 15) is 8.42 Å². The number of nitriles is 1. The van der Waals surface area contributed by atoms with Crippen LogP contribution in [-0.2, 0) is 10.1 Å². The summed E-state index contributed by atoms with van der Waals surface area (Å²) in [6.45, 7) is 0. The lowest BCUT2D eigenvalue weighted by Gasteiger charge is -2.02. The van der Waals surface area contributed by atoms with E-state index in [1.54, 1.807) is 6.07 Å². The second kappa shape index (κ2) is 4.98. The Labute approximate surface area is 93.4 Å². The number of methoxy groups -OCH3 is 1. The Balaban J connectivity index is 0.00000196. The number of hydrogen-bond acceptors (Lipinski definition) is 4. The van der Waals surface area contributed by atoms with Gasteiger partial charge < -0.3 is 4.74 Å². The second-order valence-electron chi connectivity index (χ2n) is 2.45. The molecule has 0 aromatic heterocycles. The zero-order valence-electron chi connectivity index (χ0n) is 7.67. The Bertz CT molecular complexity index is 492. The van der Waals surface area contributed by atoms with Gasteiger partial charge >= 0.3 is 0 Å². The predicted molar refractivity (Wildman–Crippen MR) is 54.8 cm³/mol. The molecular weight excluding hydrogens is 242 g/mol. The quantitative estimate of drug-likeness (QED) is 0.797. The molecule has 7 heteroatoms. The number of ether oxygens (including phenoxy) is 1. The maximum Gasteiger partial charge on any atom is 0.295 e. The van der Waals surface area contributed by atoms with Gasteiger partial charge in [0.15, 0.2) is 0 Å². The molecule has 15 heavy (non-hydrogen) atoms. The Morgan fingerprint density at radius 1 is 1.47 bits per heavy atom. The van der Waals surface area contributed by atoms with Crippen molar-refractivity contribution >= 4 is 22.5 Å². The zero-order chi connectivity index (χ0) is 10.8. The number of rotatable bonds is 2. The minimum absolute atomic E-state index is 0. The molecule has 0 aliphatic rings. The fraction of sp³-hybridized carbons (Fsp3) is 0.125. The van der Waals surface area contributed by atoms with Crippen molar-refractivity contribution in [1.82, 2.24) is 0 Å². The smallest absolute Gasteiger partial charge is 0.295 e. The third-order valence-corrected chi connectivity index (χ3v) is 2.50. The molecule has 0 aliphatic carbocycles. The van der Waals surface area contributed by atoms with Crippen molar-refractivity contribution in [3.05, 3.63) is 23.8 Å². The normalized spacial score (nSPS) is 9.93. The molecule has 0 saturated carbocycles. The molecular formula is C8H8ClNO4S. The van der Waals surface area contributed by atoms with Crippen LogP contribution in [0, 0.1) is 11.3 Å². The molecule has 0 spiro atoms. The lowest BCUT2D eigenvalue weighted by atomic mass is 10.2. The van der Waals surface area contributed by atoms with Crippen LogP contribution in [0.25, 0.3) is 0 Å². The lowest BCUT2D eigenvalue weighted by molar-refractivity contribution is 0.414. The van der Waals surface area contributed by atoms with Gasteiger partial charge in [0, 0.05) is 0 Å². The Morgan fingerprint density at radius 3 is 2.47 bits per heavy atom. The predicted octanol–water partition coefficient (Wildman–Crippen LogP) is 1.24. The second-order valence-corrected chi connectivity index (χ2v) is 3.84. The van der Waals surface area contributed by atoms with E-state index in [2.05, 4.69) is 0 Å². The van der Waals surface area contributed by atoms with Crippen LogP contribution in [0.5, 0.6) is 5.75 Å². The highest BCUT2D eigenvalue weighted by molar-refractivity contribution is 7.85. The van der Waals surface area contributed by atoms with E-state index in [4.69, 9.17) is 14.6 Å². The van der Waals surface area contributed by atoms with Crippen molar-refractivity contribution in [2.24, 2.45) is 0 Å². The van der Waals surface area contributed by atoms with E-state index >= 15 is 0 Å². The van der Waals surface area contributed by atoms with Crippen LogP contribution >= 0.6 is 12.4 Å². The molecule has 0 fully saturated rings. The van der Waals surface area contributed by atoms with Gasteiger partial charge in [-0.15, -0.1) is 12.4 Å². The fourth-order valence-electron chi connectivity index (χ4n) is 0.948. The summed E-state index contributed by atoms with van der Waals surface area (Å²) >= 11 is 0. The highest BCUT2D eigenvalue weighted by Gasteiger charge is 2.15. The molecule has 5 nitrogen and oxygen atoms in total. The summed E-state index contributed by atoms with van der Waals surface area (Å²) in [6.07, 6.45) is 0. The van der Waals surface area contributed by atoms with Crippen LogP contribution < -0.4 is 4.74 Å². The Hall–Kier alpha value is -1.29. The Morgan fingerprint density at radius 2 is 2.07 bits per heavy atom. The van der Waals surface area contributed by atoms with Gasteiger partial charge in [0.25, 0.3) is 10.1 Å². The first kappa shape index (κ1) is 13.7. The molecule has 0 saturated heterocycles. The number of hydrogen-bond donors (Lipinski definition) is 1. The molecule has 0 bridgehead atoms. The van der Waals surface area contributed by atoms with Crippen molar-refractivity contribution in [3.63, 3.8) is 0 Å². The van der Waals surface area contributed by atoms with Crippen molar-refractivity contribution in [3.8, 4) is 11.8 Å². The minimum atomic E-state index is -4.35. The molecule has 0 aliphatic heterocycles.